The summed E-state index contributed by atoms with van der Waals surface area (Å²) in [5.41, 5.74) is 2.96. The van der Waals surface area contributed by atoms with E-state index in [1.165, 1.54) is 0 Å². The SMILES string of the molecule is CCCNCc1ccc(OCc2cccc(C)n2)cn1. The lowest BCUT2D eigenvalue weighted by molar-refractivity contribution is 0.299. The van der Waals surface area contributed by atoms with E-state index in [0.717, 1.165) is 42.3 Å². The Morgan fingerprint density at radius 3 is 2.75 bits per heavy atom. The van der Waals surface area contributed by atoms with Gasteiger partial charge in [0.25, 0.3) is 0 Å². The second-order valence-electron chi connectivity index (χ2n) is 4.72. The van der Waals surface area contributed by atoms with Gasteiger partial charge in [-0.3, -0.25) is 9.97 Å². The molecular formula is C16H21N3O. The van der Waals surface area contributed by atoms with Gasteiger partial charge in [0.2, 0.25) is 0 Å². The maximum absolute atomic E-state index is 5.68. The van der Waals surface area contributed by atoms with Crippen LogP contribution in [0.4, 0.5) is 0 Å². The smallest absolute Gasteiger partial charge is 0.138 e. The summed E-state index contributed by atoms with van der Waals surface area (Å²) >= 11 is 0. The van der Waals surface area contributed by atoms with Gasteiger partial charge in [0.1, 0.15) is 12.4 Å². The summed E-state index contributed by atoms with van der Waals surface area (Å²) in [5, 5.41) is 3.32. The van der Waals surface area contributed by atoms with Gasteiger partial charge in [-0.2, -0.15) is 0 Å². The highest BCUT2D eigenvalue weighted by atomic mass is 16.5. The van der Waals surface area contributed by atoms with E-state index in [0.29, 0.717) is 6.61 Å². The van der Waals surface area contributed by atoms with Gasteiger partial charge < -0.3 is 10.1 Å². The fraction of sp³-hybridized carbons (Fsp3) is 0.375. The summed E-state index contributed by atoms with van der Waals surface area (Å²) in [4.78, 5) is 8.77. The second-order valence-corrected chi connectivity index (χ2v) is 4.72. The molecule has 2 rings (SSSR count). The highest BCUT2D eigenvalue weighted by molar-refractivity contribution is 5.20. The molecule has 0 aliphatic rings. The summed E-state index contributed by atoms with van der Waals surface area (Å²) in [7, 11) is 0. The summed E-state index contributed by atoms with van der Waals surface area (Å²) in [6.45, 7) is 6.41. The summed E-state index contributed by atoms with van der Waals surface area (Å²) in [6, 6.07) is 9.86. The first-order valence-corrected chi connectivity index (χ1v) is 6.99. The maximum atomic E-state index is 5.68. The topological polar surface area (TPSA) is 47.0 Å². The van der Waals surface area contributed by atoms with Crippen LogP contribution in [-0.2, 0) is 13.2 Å². The number of hydrogen-bond acceptors (Lipinski definition) is 4. The Balaban J connectivity index is 1.84. The van der Waals surface area contributed by atoms with Crippen LogP contribution < -0.4 is 10.1 Å². The molecule has 0 bridgehead atoms. The molecule has 0 aliphatic carbocycles. The van der Waals surface area contributed by atoms with Crippen molar-refractivity contribution < 1.29 is 4.74 Å². The number of pyridine rings is 2. The first kappa shape index (κ1) is 14.5. The third-order valence-electron chi connectivity index (χ3n) is 2.86. The van der Waals surface area contributed by atoms with Crippen molar-refractivity contribution in [3.8, 4) is 5.75 Å². The number of nitrogens with one attached hydrogen (secondary N) is 1. The van der Waals surface area contributed by atoms with E-state index in [1.807, 2.05) is 37.3 Å². The average molecular weight is 271 g/mol. The Morgan fingerprint density at radius 1 is 1.15 bits per heavy atom. The molecule has 0 radical (unpaired) electrons. The van der Waals surface area contributed by atoms with Gasteiger partial charge in [0.15, 0.2) is 0 Å². The molecule has 0 aromatic carbocycles. The van der Waals surface area contributed by atoms with E-state index < -0.39 is 0 Å². The van der Waals surface area contributed by atoms with Gasteiger partial charge >= 0.3 is 0 Å². The lowest BCUT2D eigenvalue weighted by Gasteiger charge is -2.07. The minimum Gasteiger partial charge on any atom is -0.486 e. The van der Waals surface area contributed by atoms with Crippen molar-refractivity contribution in [2.75, 3.05) is 6.54 Å². The van der Waals surface area contributed by atoms with Crippen LogP contribution in [0.5, 0.6) is 5.75 Å². The Morgan fingerprint density at radius 2 is 2.05 bits per heavy atom. The minimum absolute atomic E-state index is 0.469. The highest BCUT2D eigenvalue weighted by Crippen LogP contribution is 2.11. The molecule has 4 nitrogen and oxygen atoms in total. The number of hydrogen-bond donors (Lipinski definition) is 1. The lowest BCUT2D eigenvalue weighted by atomic mass is 10.3. The van der Waals surface area contributed by atoms with Crippen LogP contribution in [0.15, 0.2) is 36.5 Å². The van der Waals surface area contributed by atoms with E-state index >= 15 is 0 Å². The minimum atomic E-state index is 0.469. The van der Waals surface area contributed by atoms with Gasteiger partial charge in [-0.1, -0.05) is 13.0 Å². The number of nitrogens with zero attached hydrogens (tertiary/aromatic N) is 2. The molecule has 4 heteroatoms. The first-order chi connectivity index (χ1) is 9.78. The highest BCUT2D eigenvalue weighted by Gasteiger charge is 1.99. The van der Waals surface area contributed by atoms with Crippen molar-refractivity contribution >= 4 is 0 Å². The molecule has 2 heterocycles. The van der Waals surface area contributed by atoms with Crippen molar-refractivity contribution in [3.63, 3.8) is 0 Å². The molecule has 0 amide bonds. The van der Waals surface area contributed by atoms with Crippen LogP contribution in [0.25, 0.3) is 0 Å². The summed E-state index contributed by atoms with van der Waals surface area (Å²) in [5.74, 6) is 0.771. The number of aromatic nitrogens is 2. The van der Waals surface area contributed by atoms with Gasteiger partial charge in [0.05, 0.1) is 17.6 Å². The Kier molecular flexibility index (Phi) is 5.50. The standard InChI is InChI=1S/C16H21N3O/c1-3-9-17-10-14-7-8-16(11-18-14)20-12-15-6-4-5-13(2)19-15/h4-8,11,17H,3,9-10,12H2,1-2H3. The quantitative estimate of drug-likeness (QED) is 0.787. The molecule has 1 N–H and O–H groups in total. The predicted molar refractivity (Wildman–Crippen MR) is 79.5 cm³/mol. The molecule has 2 aromatic rings. The molecule has 0 saturated carbocycles. The maximum Gasteiger partial charge on any atom is 0.138 e. The average Bonchev–Trinajstić information content (AvgIpc) is 2.47. The van der Waals surface area contributed by atoms with Crippen molar-refractivity contribution in [2.24, 2.45) is 0 Å². The Bertz CT molecular complexity index is 526. The summed E-state index contributed by atoms with van der Waals surface area (Å²) in [6.07, 6.45) is 2.89. The largest absolute Gasteiger partial charge is 0.486 e. The lowest BCUT2D eigenvalue weighted by Crippen LogP contribution is -2.14. The van der Waals surface area contributed by atoms with E-state index in [2.05, 4.69) is 22.2 Å². The monoisotopic (exact) mass is 271 g/mol. The van der Waals surface area contributed by atoms with Crippen LogP contribution >= 0.6 is 0 Å². The van der Waals surface area contributed by atoms with E-state index in [4.69, 9.17) is 4.74 Å². The molecule has 2 aromatic heterocycles. The van der Waals surface area contributed by atoms with E-state index in [1.54, 1.807) is 6.20 Å². The molecule has 0 unspecified atom stereocenters. The van der Waals surface area contributed by atoms with Gasteiger partial charge in [-0.25, -0.2) is 0 Å². The molecular weight excluding hydrogens is 250 g/mol. The normalized spacial score (nSPS) is 10.5. The van der Waals surface area contributed by atoms with Crippen LogP contribution in [0.3, 0.4) is 0 Å². The van der Waals surface area contributed by atoms with Crippen molar-refractivity contribution in [2.45, 2.75) is 33.4 Å². The second kappa shape index (κ2) is 7.60. The number of ether oxygens (including phenoxy) is 1. The Hall–Kier alpha value is -1.94. The van der Waals surface area contributed by atoms with Crippen LogP contribution in [-0.4, -0.2) is 16.5 Å². The molecule has 0 aliphatic heterocycles. The fourth-order valence-electron chi connectivity index (χ4n) is 1.83. The van der Waals surface area contributed by atoms with Gasteiger partial charge in [0, 0.05) is 12.2 Å². The zero-order valence-electron chi connectivity index (χ0n) is 12.1. The van der Waals surface area contributed by atoms with Crippen LogP contribution in [0.2, 0.25) is 0 Å². The predicted octanol–water partition coefficient (Wildman–Crippen LogP) is 2.86. The Labute approximate surface area is 120 Å². The summed E-state index contributed by atoms with van der Waals surface area (Å²) < 4.78 is 5.68. The van der Waals surface area contributed by atoms with Crippen molar-refractivity contribution in [1.29, 1.82) is 0 Å². The van der Waals surface area contributed by atoms with Crippen molar-refractivity contribution in [3.05, 3.63) is 53.6 Å². The zero-order valence-corrected chi connectivity index (χ0v) is 12.1. The van der Waals surface area contributed by atoms with Gasteiger partial charge in [-0.15, -0.1) is 0 Å². The third-order valence-corrected chi connectivity index (χ3v) is 2.86. The fourth-order valence-corrected chi connectivity index (χ4v) is 1.83. The third kappa shape index (κ3) is 4.63. The number of aryl methyl sites for hydroxylation is 1. The molecule has 0 spiro atoms. The van der Waals surface area contributed by atoms with Crippen LogP contribution in [0.1, 0.15) is 30.4 Å². The van der Waals surface area contributed by atoms with E-state index in [9.17, 15) is 0 Å². The number of rotatable bonds is 7. The molecule has 0 atom stereocenters. The van der Waals surface area contributed by atoms with Crippen molar-refractivity contribution in [1.82, 2.24) is 15.3 Å². The first-order valence-electron chi connectivity index (χ1n) is 6.99. The molecule has 0 fully saturated rings. The van der Waals surface area contributed by atoms with Gasteiger partial charge in [-0.05, 0) is 44.2 Å². The zero-order chi connectivity index (χ0) is 14.2. The molecule has 0 saturated heterocycles. The molecule has 20 heavy (non-hydrogen) atoms. The van der Waals surface area contributed by atoms with Crippen LogP contribution in [0, 0.1) is 6.92 Å². The van der Waals surface area contributed by atoms with E-state index in [-0.39, 0.29) is 0 Å². The molecule has 106 valence electrons.